The van der Waals surface area contributed by atoms with Gasteiger partial charge in [-0.05, 0) is 29.8 Å². The number of aromatic nitrogens is 1. The lowest BCUT2D eigenvalue weighted by Gasteiger charge is -2.11. The van der Waals surface area contributed by atoms with Crippen LogP contribution in [0.3, 0.4) is 0 Å². The summed E-state index contributed by atoms with van der Waals surface area (Å²) in [4.78, 5) is 17.1. The summed E-state index contributed by atoms with van der Waals surface area (Å²) in [6.45, 7) is 0. The Balaban J connectivity index is 1.56. The first-order valence-corrected chi connectivity index (χ1v) is 10.1. The molecule has 0 aliphatic carbocycles. The van der Waals surface area contributed by atoms with Gasteiger partial charge in [0.25, 0.3) is 0 Å². The third-order valence-electron chi connectivity index (χ3n) is 3.08. The van der Waals surface area contributed by atoms with Gasteiger partial charge >= 0.3 is 0 Å². The van der Waals surface area contributed by atoms with Crippen LogP contribution >= 0.6 is 35.3 Å². The molecule has 2 aromatic rings. The maximum Gasteiger partial charge on any atom is 0.234 e. The minimum Gasteiger partial charge on any atom is -0.325 e. The van der Waals surface area contributed by atoms with Gasteiger partial charge in [0.05, 0.1) is 10.3 Å². The summed E-state index contributed by atoms with van der Waals surface area (Å²) in [6, 6.07) is 12.0. The van der Waals surface area contributed by atoms with Crippen LogP contribution in [0.2, 0.25) is 0 Å². The molecule has 3 nitrogen and oxygen atoms in total. The quantitative estimate of drug-likeness (QED) is 0.816. The minimum absolute atomic E-state index is 0.0192. The molecule has 1 fully saturated rings. The third-order valence-corrected chi connectivity index (χ3v) is 7.20. The number of pyridine rings is 1. The molecule has 1 aliphatic rings. The van der Waals surface area contributed by atoms with Gasteiger partial charge in [-0.2, -0.15) is 0 Å². The average molecular weight is 349 g/mol. The summed E-state index contributed by atoms with van der Waals surface area (Å²) < 4.78 is 0.503. The van der Waals surface area contributed by atoms with Crippen molar-refractivity contribution < 1.29 is 4.79 Å². The molecule has 22 heavy (non-hydrogen) atoms. The van der Waals surface area contributed by atoms with Crippen LogP contribution < -0.4 is 5.32 Å². The van der Waals surface area contributed by atoms with Gasteiger partial charge in [0.15, 0.2) is 0 Å². The fourth-order valence-electron chi connectivity index (χ4n) is 2.09. The Morgan fingerprint density at radius 3 is 2.77 bits per heavy atom. The Labute approximate surface area is 143 Å². The first-order valence-electron chi connectivity index (χ1n) is 6.97. The van der Waals surface area contributed by atoms with Crippen LogP contribution in [0.5, 0.6) is 0 Å². The van der Waals surface area contributed by atoms with Crippen molar-refractivity contribution >= 4 is 46.9 Å². The zero-order valence-electron chi connectivity index (χ0n) is 11.9. The molecule has 0 spiro atoms. The lowest BCUT2D eigenvalue weighted by molar-refractivity contribution is -0.113. The number of rotatable bonds is 5. The number of nitrogens with zero attached hydrogens (tertiary/aromatic N) is 1. The second-order valence-corrected chi connectivity index (χ2v) is 8.49. The van der Waals surface area contributed by atoms with Crippen molar-refractivity contribution in [3.8, 4) is 0 Å². The molecule has 1 aromatic carbocycles. The van der Waals surface area contributed by atoms with Gasteiger partial charge in [-0.1, -0.05) is 12.1 Å². The zero-order valence-corrected chi connectivity index (χ0v) is 14.3. The molecule has 0 radical (unpaired) electrons. The summed E-state index contributed by atoms with van der Waals surface area (Å²) in [5.74, 6) is 2.83. The van der Waals surface area contributed by atoms with E-state index in [0.717, 1.165) is 10.6 Å². The molecule has 1 amide bonds. The van der Waals surface area contributed by atoms with Gasteiger partial charge < -0.3 is 5.32 Å². The first kappa shape index (κ1) is 15.8. The number of nitrogens with one attached hydrogen (secondary N) is 1. The number of carbonyl (C=O) groups is 1. The predicted molar refractivity (Wildman–Crippen MR) is 97.7 cm³/mol. The Morgan fingerprint density at radius 1 is 1.23 bits per heavy atom. The van der Waals surface area contributed by atoms with Crippen LogP contribution in [0.4, 0.5) is 5.69 Å². The minimum atomic E-state index is 0.0192. The fraction of sp³-hybridized carbons (Fsp3) is 0.250. The zero-order chi connectivity index (χ0) is 15.2. The lowest BCUT2D eigenvalue weighted by Crippen LogP contribution is -2.14. The number of carbonyl (C=O) groups excluding carboxylic acids is 1. The van der Waals surface area contributed by atoms with Crippen molar-refractivity contribution in [1.29, 1.82) is 0 Å². The van der Waals surface area contributed by atoms with Crippen LogP contribution in [0.1, 0.15) is 10.1 Å². The van der Waals surface area contributed by atoms with Crippen molar-refractivity contribution in [3.05, 3.63) is 54.4 Å². The standard InChI is InChI=1S/C16H16N2OS3/c19-15(11-22-14-4-6-17-7-5-14)18-13-3-1-2-12(10-13)16-20-8-9-21-16/h1-7,10,16H,8-9,11H2,(H,18,19). The average Bonchev–Trinajstić information content (AvgIpc) is 3.09. The molecule has 1 saturated heterocycles. The van der Waals surface area contributed by atoms with Crippen LogP contribution in [0.15, 0.2) is 53.7 Å². The van der Waals surface area contributed by atoms with E-state index in [-0.39, 0.29) is 5.91 Å². The van der Waals surface area contributed by atoms with E-state index >= 15 is 0 Å². The fourth-order valence-corrected chi connectivity index (χ4v) is 5.62. The number of hydrogen-bond donors (Lipinski definition) is 1. The van der Waals surface area contributed by atoms with Crippen molar-refractivity contribution in [1.82, 2.24) is 4.98 Å². The Hall–Kier alpha value is -1.11. The van der Waals surface area contributed by atoms with Crippen molar-refractivity contribution in [2.75, 3.05) is 22.6 Å². The molecule has 0 unspecified atom stereocenters. The maximum absolute atomic E-state index is 12.1. The van der Waals surface area contributed by atoms with Crippen molar-refractivity contribution in [2.45, 2.75) is 9.48 Å². The molecule has 1 aliphatic heterocycles. The summed E-state index contributed by atoms with van der Waals surface area (Å²) in [5, 5.41) is 2.98. The Bertz CT molecular complexity index is 630. The van der Waals surface area contributed by atoms with E-state index in [1.54, 1.807) is 12.4 Å². The van der Waals surface area contributed by atoms with E-state index in [0.29, 0.717) is 10.3 Å². The summed E-state index contributed by atoms with van der Waals surface area (Å²) >= 11 is 5.46. The molecule has 1 aromatic heterocycles. The van der Waals surface area contributed by atoms with E-state index in [2.05, 4.69) is 22.4 Å². The summed E-state index contributed by atoms with van der Waals surface area (Å²) in [5.41, 5.74) is 2.16. The highest BCUT2D eigenvalue weighted by Crippen LogP contribution is 2.45. The molecule has 1 N–H and O–H groups in total. The SMILES string of the molecule is O=C(CSc1ccncc1)Nc1cccc(C2SCCS2)c1. The van der Waals surface area contributed by atoms with Crippen LogP contribution in [0.25, 0.3) is 0 Å². The van der Waals surface area contributed by atoms with Gasteiger partial charge in [-0.3, -0.25) is 9.78 Å². The molecule has 114 valence electrons. The van der Waals surface area contributed by atoms with Gasteiger partial charge in [0.2, 0.25) is 5.91 Å². The molecule has 0 saturated carbocycles. The second-order valence-electron chi connectivity index (χ2n) is 4.72. The van der Waals surface area contributed by atoms with Gasteiger partial charge in [0.1, 0.15) is 0 Å². The molecule has 0 atom stereocenters. The van der Waals surface area contributed by atoms with Crippen LogP contribution in [0, 0.1) is 0 Å². The largest absolute Gasteiger partial charge is 0.325 e. The molecule has 6 heteroatoms. The molecule has 2 heterocycles. The highest BCUT2D eigenvalue weighted by atomic mass is 32.2. The van der Waals surface area contributed by atoms with E-state index in [4.69, 9.17) is 0 Å². The number of thioether (sulfide) groups is 3. The normalized spacial score (nSPS) is 14.9. The number of benzene rings is 1. The highest BCUT2D eigenvalue weighted by molar-refractivity contribution is 8.19. The number of amides is 1. The van der Waals surface area contributed by atoms with E-state index in [1.165, 1.54) is 28.8 Å². The molecular formula is C16H16N2OS3. The number of anilines is 1. The van der Waals surface area contributed by atoms with E-state index in [9.17, 15) is 4.79 Å². The lowest BCUT2D eigenvalue weighted by atomic mass is 10.2. The van der Waals surface area contributed by atoms with Crippen LogP contribution in [-0.4, -0.2) is 28.1 Å². The summed E-state index contributed by atoms with van der Waals surface area (Å²) in [6.07, 6.45) is 3.47. The van der Waals surface area contributed by atoms with Crippen molar-refractivity contribution in [3.63, 3.8) is 0 Å². The van der Waals surface area contributed by atoms with Gasteiger partial charge in [-0.25, -0.2) is 0 Å². The molecule has 3 rings (SSSR count). The monoisotopic (exact) mass is 348 g/mol. The smallest absolute Gasteiger partial charge is 0.234 e. The second kappa shape index (κ2) is 7.94. The summed E-state index contributed by atoms with van der Waals surface area (Å²) in [7, 11) is 0. The Kier molecular flexibility index (Phi) is 5.70. The number of hydrogen-bond acceptors (Lipinski definition) is 5. The third kappa shape index (κ3) is 4.44. The first-order chi connectivity index (χ1) is 10.8. The highest BCUT2D eigenvalue weighted by Gasteiger charge is 2.18. The Morgan fingerprint density at radius 2 is 2.00 bits per heavy atom. The maximum atomic E-state index is 12.1. The van der Waals surface area contributed by atoms with Gasteiger partial charge in [0, 0.05) is 34.5 Å². The van der Waals surface area contributed by atoms with Gasteiger partial charge in [-0.15, -0.1) is 35.3 Å². The van der Waals surface area contributed by atoms with E-state index in [1.807, 2.05) is 47.8 Å². The van der Waals surface area contributed by atoms with Crippen LogP contribution in [-0.2, 0) is 4.79 Å². The topological polar surface area (TPSA) is 42.0 Å². The molecular weight excluding hydrogens is 332 g/mol. The van der Waals surface area contributed by atoms with E-state index < -0.39 is 0 Å². The molecule has 0 bridgehead atoms. The van der Waals surface area contributed by atoms with Crippen molar-refractivity contribution in [2.24, 2.45) is 0 Å². The predicted octanol–water partition coefficient (Wildman–Crippen LogP) is 4.29.